The molecule has 3 nitrogen and oxygen atoms in total. The molecule has 1 N–H and O–H groups in total. The van der Waals surface area contributed by atoms with Crippen LogP contribution in [0.4, 0.5) is 13.2 Å². The van der Waals surface area contributed by atoms with Crippen molar-refractivity contribution in [3.63, 3.8) is 0 Å². The van der Waals surface area contributed by atoms with Gasteiger partial charge in [0.25, 0.3) is 0 Å². The van der Waals surface area contributed by atoms with Crippen LogP contribution in [-0.2, 0) is 9.47 Å². The summed E-state index contributed by atoms with van der Waals surface area (Å²) in [5.41, 5.74) is -0.0704. The van der Waals surface area contributed by atoms with E-state index in [2.05, 4.69) is 10.1 Å². The zero-order valence-electron chi connectivity index (χ0n) is 9.40. The number of alkyl halides is 3. The molecule has 1 fully saturated rings. The summed E-state index contributed by atoms with van der Waals surface area (Å²) >= 11 is 0. The Kier molecular flexibility index (Phi) is 5.01. The molecule has 0 aromatic carbocycles. The van der Waals surface area contributed by atoms with Crippen molar-refractivity contribution in [3.05, 3.63) is 0 Å². The molecule has 1 aliphatic carbocycles. The van der Waals surface area contributed by atoms with Gasteiger partial charge >= 0.3 is 6.18 Å². The van der Waals surface area contributed by atoms with E-state index in [9.17, 15) is 13.2 Å². The zero-order valence-corrected chi connectivity index (χ0v) is 9.40. The molecule has 96 valence electrons. The molecular formula is C10H18F3NO2. The van der Waals surface area contributed by atoms with Crippen LogP contribution in [0.25, 0.3) is 0 Å². The van der Waals surface area contributed by atoms with Crippen LogP contribution >= 0.6 is 0 Å². The molecule has 0 heterocycles. The van der Waals surface area contributed by atoms with Gasteiger partial charge in [-0.1, -0.05) is 0 Å². The summed E-state index contributed by atoms with van der Waals surface area (Å²) in [6.45, 7) is 1.07. The van der Waals surface area contributed by atoms with Crippen LogP contribution in [0.15, 0.2) is 0 Å². The lowest BCUT2D eigenvalue weighted by Gasteiger charge is -2.16. The molecule has 0 saturated heterocycles. The molecular weight excluding hydrogens is 223 g/mol. The first-order valence-electron chi connectivity index (χ1n) is 5.32. The Labute approximate surface area is 93.3 Å². The fraction of sp³-hybridized carbons (Fsp3) is 1.00. The topological polar surface area (TPSA) is 30.5 Å². The first kappa shape index (κ1) is 13.7. The molecule has 16 heavy (non-hydrogen) atoms. The molecule has 0 aliphatic heterocycles. The van der Waals surface area contributed by atoms with Crippen LogP contribution in [0, 0.1) is 5.41 Å². The molecule has 0 spiro atoms. The smallest absolute Gasteiger partial charge is 0.383 e. The van der Waals surface area contributed by atoms with E-state index in [0.717, 1.165) is 19.4 Å². The normalized spacial score (nSPS) is 18.8. The molecule has 1 rings (SSSR count). The van der Waals surface area contributed by atoms with Gasteiger partial charge in [-0.15, -0.1) is 0 Å². The van der Waals surface area contributed by atoms with Gasteiger partial charge in [0.2, 0.25) is 0 Å². The van der Waals surface area contributed by atoms with E-state index >= 15 is 0 Å². The number of nitrogens with one attached hydrogen (secondary N) is 1. The second-order valence-electron chi connectivity index (χ2n) is 4.28. The molecule has 0 amide bonds. The Morgan fingerprint density at radius 1 is 1.31 bits per heavy atom. The van der Waals surface area contributed by atoms with Gasteiger partial charge in [-0.2, -0.15) is 13.2 Å². The van der Waals surface area contributed by atoms with Crippen LogP contribution in [0.5, 0.6) is 0 Å². The highest BCUT2D eigenvalue weighted by atomic mass is 19.4. The molecule has 1 saturated carbocycles. The third-order valence-corrected chi connectivity index (χ3v) is 2.61. The highest BCUT2D eigenvalue weighted by Crippen LogP contribution is 2.45. The van der Waals surface area contributed by atoms with Gasteiger partial charge in [0.05, 0.1) is 13.2 Å². The van der Waals surface area contributed by atoms with Crippen molar-refractivity contribution < 1.29 is 22.6 Å². The van der Waals surface area contributed by atoms with Crippen molar-refractivity contribution in [2.75, 3.05) is 40.0 Å². The first-order valence-corrected chi connectivity index (χ1v) is 5.32. The van der Waals surface area contributed by atoms with Crippen molar-refractivity contribution in [1.82, 2.24) is 5.32 Å². The largest absolute Gasteiger partial charge is 0.411 e. The number of halogens is 3. The molecule has 0 aromatic heterocycles. The number of rotatable bonds is 8. The van der Waals surface area contributed by atoms with Crippen LogP contribution in [0.1, 0.15) is 12.8 Å². The van der Waals surface area contributed by atoms with Crippen LogP contribution in [0.3, 0.4) is 0 Å². The highest BCUT2D eigenvalue weighted by Gasteiger charge is 2.43. The molecule has 0 unspecified atom stereocenters. The Balaban J connectivity index is 2.06. The van der Waals surface area contributed by atoms with Crippen molar-refractivity contribution in [2.45, 2.75) is 19.0 Å². The number of methoxy groups -OCH3 is 1. The minimum absolute atomic E-state index is 0.0704. The minimum Gasteiger partial charge on any atom is -0.383 e. The second-order valence-corrected chi connectivity index (χ2v) is 4.28. The summed E-state index contributed by atoms with van der Waals surface area (Å²) in [7, 11) is 1.61. The number of hydrogen-bond acceptors (Lipinski definition) is 3. The van der Waals surface area contributed by atoms with E-state index in [1.54, 1.807) is 7.11 Å². The lowest BCUT2D eigenvalue weighted by Crippen LogP contribution is -2.31. The summed E-state index contributed by atoms with van der Waals surface area (Å²) in [6.07, 6.45) is -2.35. The minimum atomic E-state index is -4.22. The van der Waals surface area contributed by atoms with Crippen LogP contribution in [0.2, 0.25) is 0 Å². The maximum atomic E-state index is 11.8. The molecule has 0 bridgehead atoms. The summed E-state index contributed by atoms with van der Waals surface area (Å²) in [5.74, 6) is 0. The lowest BCUT2D eigenvalue weighted by molar-refractivity contribution is -0.177. The Morgan fingerprint density at radius 2 is 2.00 bits per heavy atom. The Bertz CT molecular complexity index is 205. The highest BCUT2D eigenvalue weighted by molar-refractivity contribution is 4.94. The van der Waals surface area contributed by atoms with Gasteiger partial charge in [-0.05, 0) is 12.8 Å². The van der Waals surface area contributed by atoms with E-state index < -0.39 is 12.8 Å². The van der Waals surface area contributed by atoms with Gasteiger partial charge < -0.3 is 14.8 Å². The average molecular weight is 241 g/mol. The predicted octanol–water partition coefficient (Wildman–Crippen LogP) is 1.58. The summed E-state index contributed by atoms with van der Waals surface area (Å²) < 4.78 is 45.1. The van der Waals surface area contributed by atoms with Crippen molar-refractivity contribution >= 4 is 0 Å². The van der Waals surface area contributed by atoms with Crippen molar-refractivity contribution in [2.24, 2.45) is 5.41 Å². The molecule has 6 heteroatoms. The maximum absolute atomic E-state index is 11.8. The quantitative estimate of drug-likeness (QED) is 0.654. The van der Waals surface area contributed by atoms with Gasteiger partial charge in [0.1, 0.15) is 6.61 Å². The Morgan fingerprint density at radius 3 is 2.50 bits per heavy atom. The first-order chi connectivity index (χ1) is 7.47. The third kappa shape index (κ3) is 5.67. The fourth-order valence-electron chi connectivity index (χ4n) is 1.46. The third-order valence-electron chi connectivity index (χ3n) is 2.61. The molecule has 1 aliphatic rings. The van der Waals surface area contributed by atoms with Crippen LogP contribution in [-0.4, -0.2) is 46.2 Å². The van der Waals surface area contributed by atoms with E-state index in [4.69, 9.17) is 4.74 Å². The number of hydrogen-bond donors (Lipinski definition) is 1. The van der Waals surface area contributed by atoms with E-state index in [0.29, 0.717) is 13.2 Å². The SMILES string of the molecule is COCCNCC1(COCC(F)(F)F)CC1. The van der Waals surface area contributed by atoms with E-state index in [-0.39, 0.29) is 12.0 Å². The predicted molar refractivity (Wildman–Crippen MR) is 53.3 cm³/mol. The summed E-state index contributed by atoms with van der Waals surface area (Å²) in [4.78, 5) is 0. The number of ether oxygens (including phenoxy) is 2. The van der Waals surface area contributed by atoms with Gasteiger partial charge in [0.15, 0.2) is 0 Å². The van der Waals surface area contributed by atoms with Crippen molar-refractivity contribution in [3.8, 4) is 0 Å². The molecule has 0 aromatic rings. The Hall–Kier alpha value is -0.330. The van der Waals surface area contributed by atoms with Gasteiger partial charge in [-0.3, -0.25) is 0 Å². The van der Waals surface area contributed by atoms with Gasteiger partial charge in [-0.25, -0.2) is 0 Å². The molecule has 0 atom stereocenters. The lowest BCUT2D eigenvalue weighted by atomic mass is 10.1. The van der Waals surface area contributed by atoms with Crippen LogP contribution < -0.4 is 5.32 Å². The molecule has 0 radical (unpaired) electrons. The van der Waals surface area contributed by atoms with Crippen molar-refractivity contribution in [1.29, 1.82) is 0 Å². The van der Waals surface area contributed by atoms with E-state index in [1.807, 2.05) is 0 Å². The fourth-order valence-corrected chi connectivity index (χ4v) is 1.46. The van der Waals surface area contributed by atoms with E-state index in [1.165, 1.54) is 0 Å². The zero-order chi connectivity index (χ0) is 12.1. The maximum Gasteiger partial charge on any atom is 0.411 e. The average Bonchev–Trinajstić information content (AvgIpc) is 2.92. The second kappa shape index (κ2) is 5.84. The summed E-state index contributed by atoms with van der Waals surface area (Å²) in [6, 6.07) is 0. The summed E-state index contributed by atoms with van der Waals surface area (Å²) in [5, 5.41) is 3.15. The van der Waals surface area contributed by atoms with Gasteiger partial charge in [0, 0.05) is 25.6 Å². The standard InChI is InChI=1S/C10H18F3NO2/c1-15-5-4-14-6-9(2-3-9)7-16-8-10(11,12)13/h14H,2-8H2,1H3. The monoisotopic (exact) mass is 241 g/mol.